The summed E-state index contributed by atoms with van der Waals surface area (Å²) in [7, 11) is 0. The van der Waals surface area contributed by atoms with Crippen molar-refractivity contribution in [3.63, 3.8) is 0 Å². The lowest BCUT2D eigenvalue weighted by molar-refractivity contribution is 0.644. The molecule has 102 valence electrons. The highest BCUT2D eigenvalue weighted by molar-refractivity contribution is 5.83. The number of aromatic nitrogens is 4. The zero-order valence-corrected chi connectivity index (χ0v) is 11.5. The van der Waals surface area contributed by atoms with Gasteiger partial charge >= 0.3 is 0 Å². The van der Waals surface area contributed by atoms with Gasteiger partial charge in [-0.3, -0.25) is 4.68 Å². The van der Waals surface area contributed by atoms with Gasteiger partial charge in [0, 0.05) is 24.3 Å². The fourth-order valence-electron chi connectivity index (χ4n) is 3.16. The van der Waals surface area contributed by atoms with E-state index >= 15 is 0 Å². The number of nitrogens with two attached hydrogens (primary N) is 1. The van der Waals surface area contributed by atoms with Gasteiger partial charge in [0.1, 0.15) is 5.82 Å². The Balaban J connectivity index is 1.94. The fraction of sp³-hybridized carbons (Fsp3) is 0.333. The lowest BCUT2D eigenvalue weighted by Crippen LogP contribution is -2.01. The first-order valence-electron chi connectivity index (χ1n) is 7.01. The number of rotatable bonds is 2. The average Bonchev–Trinajstić information content (AvgIpc) is 3.08. The smallest absolute Gasteiger partial charge is 0.104 e. The third-order valence-corrected chi connectivity index (χ3v) is 4.00. The molecule has 0 spiro atoms. The van der Waals surface area contributed by atoms with Crippen LogP contribution in [0.4, 0.5) is 0 Å². The number of benzene rings is 1. The topological polar surface area (TPSA) is 72.5 Å². The summed E-state index contributed by atoms with van der Waals surface area (Å²) in [5, 5.41) is 4.64. The number of hydrogen-bond donors (Lipinski definition) is 2. The standard InChI is InChI=1S/C15H17N5/c1-9-17-11-5-4-10(7-12(11)18-9)15-13(8-16)19-20-6-2-3-14(15)20/h4-5,7H,2-3,6,8,16H2,1H3,(H,17,18). The normalized spacial score (nSPS) is 14.1. The number of nitrogens with one attached hydrogen (secondary N) is 1. The summed E-state index contributed by atoms with van der Waals surface area (Å²) < 4.78 is 2.11. The van der Waals surface area contributed by atoms with E-state index in [-0.39, 0.29) is 0 Å². The Bertz CT molecular complexity index is 796. The number of hydrogen-bond acceptors (Lipinski definition) is 3. The van der Waals surface area contributed by atoms with Crippen LogP contribution in [0.1, 0.15) is 23.6 Å². The predicted octanol–water partition coefficient (Wildman–Crippen LogP) is 2.14. The van der Waals surface area contributed by atoms with Crippen LogP contribution >= 0.6 is 0 Å². The van der Waals surface area contributed by atoms with Gasteiger partial charge in [-0.1, -0.05) is 6.07 Å². The molecule has 4 rings (SSSR count). The molecule has 0 radical (unpaired) electrons. The fourth-order valence-corrected chi connectivity index (χ4v) is 3.16. The molecule has 0 saturated carbocycles. The number of aryl methyl sites for hydroxylation is 2. The second-order valence-electron chi connectivity index (χ2n) is 5.35. The summed E-state index contributed by atoms with van der Waals surface area (Å²) in [6.07, 6.45) is 2.26. The molecule has 0 fully saturated rings. The Labute approximate surface area is 116 Å². The second kappa shape index (κ2) is 4.18. The van der Waals surface area contributed by atoms with Crippen LogP contribution in [0.15, 0.2) is 18.2 Å². The Kier molecular flexibility index (Phi) is 2.44. The summed E-state index contributed by atoms with van der Waals surface area (Å²) in [6, 6.07) is 6.34. The maximum Gasteiger partial charge on any atom is 0.104 e. The molecule has 0 amide bonds. The lowest BCUT2D eigenvalue weighted by atomic mass is 10.0. The van der Waals surface area contributed by atoms with Gasteiger partial charge in [-0.2, -0.15) is 5.10 Å². The van der Waals surface area contributed by atoms with E-state index in [4.69, 9.17) is 5.73 Å². The Morgan fingerprint density at radius 2 is 2.30 bits per heavy atom. The molecule has 20 heavy (non-hydrogen) atoms. The van der Waals surface area contributed by atoms with Crippen LogP contribution in [-0.4, -0.2) is 19.7 Å². The number of aromatic amines is 1. The first-order valence-corrected chi connectivity index (χ1v) is 7.01. The van der Waals surface area contributed by atoms with Gasteiger partial charge in [-0.05, 0) is 37.5 Å². The molecular formula is C15H17N5. The molecule has 1 aliphatic heterocycles. The van der Waals surface area contributed by atoms with Crippen LogP contribution in [0.3, 0.4) is 0 Å². The summed E-state index contributed by atoms with van der Waals surface area (Å²) in [6.45, 7) is 3.46. The van der Waals surface area contributed by atoms with Crippen molar-refractivity contribution in [3.05, 3.63) is 35.4 Å². The first kappa shape index (κ1) is 11.7. The van der Waals surface area contributed by atoms with Gasteiger partial charge in [-0.25, -0.2) is 4.98 Å². The molecule has 1 aromatic carbocycles. The van der Waals surface area contributed by atoms with Crippen molar-refractivity contribution < 1.29 is 0 Å². The van der Waals surface area contributed by atoms with E-state index in [9.17, 15) is 0 Å². The van der Waals surface area contributed by atoms with E-state index < -0.39 is 0 Å². The Hall–Kier alpha value is -2.14. The number of nitrogens with zero attached hydrogens (tertiary/aromatic N) is 3. The van der Waals surface area contributed by atoms with Crippen LogP contribution in [0, 0.1) is 6.92 Å². The van der Waals surface area contributed by atoms with Gasteiger partial charge in [0.2, 0.25) is 0 Å². The zero-order chi connectivity index (χ0) is 13.7. The molecule has 0 saturated heterocycles. The van der Waals surface area contributed by atoms with E-state index in [2.05, 4.69) is 37.9 Å². The molecular weight excluding hydrogens is 250 g/mol. The van der Waals surface area contributed by atoms with Gasteiger partial charge in [0.25, 0.3) is 0 Å². The molecule has 0 atom stereocenters. The van der Waals surface area contributed by atoms with Crippen LogP contribution < -0.4 is 5.73 Å². The van der Waals surface area contributed by atoms with Crippen LogP contribution in [-0.2, 0) is 19.5 Å². The molecule has 3 aromatic rings. The second-order valence-corrected chi connectivity index (χ2v) is 5.35. The predicted molar refractivity (Wildman–Crippen MR) is 78.3 cm³/mol. The van der Waals surface area contributed by atoms with Gasteiger partial charge in [0.05, 0.1) is 16.7 Å². The number of imidazole rings is 1. The molecule has 5 nitrogen and oxygen atoms in total. The van der Waals surface area contributed by atoms with Crippen molar-refractivity contribution in [2.75, 3.05) is 0 Å². The number of H-pyrrole nitrogens is 1. The van der Waals surface area contributed by atoms with Crippen molar-refractivity contribution in [1.29, 1.82) is 0 Å². The minimum atomic E-state index is 0.482. The highest BCUT2D eigenvalue weighted by atomic mass is 15.3. The summed E-state index contributed by atoms with van der Waals surface area (Å²) >= 11 is 0. The Morgan fingerprint density at radius 1 is 1.40 bits per heavy atom. The first-order chi connectivity index (χ1) is 9.76. The van der Waals surface area contributed by atoms with Crippen molar-refractivity contribution in [2.45, 2.75) is 32.9 Å². The average molecular weight is 267 g/mol. The quantitative estimate of drug-likeness (QED) is 0.747. The van der Waals surface area contributed by atoms with Crippen molar-refractivity contribution >= 4 is 11.0 Å². The molecule has 0 bridgehead atoms. The van der Waals surface area contributed by atoms with Gasteiger partial charge in [-0.15, -0.1) is 0 Å². The molecule has 5 heteroatoms. The summed E-state index contributed by atoms with van der Waals surface area (Å²) in [4.78, 5) is 7.75. The van der Waals surface area contributed by atoms with E-state index in [1.165, 1.54) is 23.2 Å². The molecule has 0 aliphatic carbocycles. The maximum absolute atomic E-state index is 5.87. The van der Waals surface area contributed by atoms with Crippen LogP contribution in [0.2, 0.25) is 0 Å². The molecule has 2 aromatic heterocycles. The third kappa shape index (κ3) is 1.59. The van der Waals surface area contributed by atoms with Crippen molar-refractivity contribution in [1.82, 2.24) is 19.7 Å². The Morgan fingerprint density at radius 3 is 3.15 bits per heavy atom. The largest absolute Gasteiger partial charge is 0.342 e. The number of fused-ring (bicyclic) bond motifs is 2. The van der Waals surface area contributed by atoms with E-state index in [1.807, 2.05) is 6.92 Å². The molecule has 0 unspecified atom stereocenters. The minimum Gasteiger partial charge on any atom is -0.342 e. The molecule has 3 heterocycles. The molecule has 3 N–H and O–H groups in total. The van der Waals surface area contributed by atoms with Crippen LogP contribution in [0.5, 0.6) is 0 Å². The highest BCUT2D eigenvalue weighted by Gasteiger charge is 2.22. The van der Waals surface area contributed by atoms with Crippen molar-refractivity contribution in [3.8, 4) is 11.1 Å². The zero-order valence-electron chi connectivity index (χ0n) is 11.5. The maximum atomic E-state index is 5.87. The highest BCUT2D eigenvalue weighted by Crippen LogP contribution is 2.33. The van der Waals surface area contributed by atoms with E-state index in [1.54, 1.807) is 0 Å². The van der Waals surface area contributed by atoms with E-state index in [0.29, 0.717) is 6.54 Å². The van der Waals surface area contributed by atoms with Gasteiger partial charge < -0.3 is 10.7 Å². The van der Waals surface area contributed by atoms with Crippen molar-refractivity contribution in [2.24, 2.45) is 5.73 Å². The minimum absolute atomic E-state index is 0.482. The molecule has 1 aliphatic rings. The SMILES string of the molecule is Cc1nc2ccc(-c3c(CN)nn4c3CCC4)cc2[nH]1. The van der Waals surface area contributed by atoms with E-state index in [0.717, 1.165) is 35.5 Å². The summed E-state index contributed by atoms with van der Waals surface area (Å²) in [5.74, 6) is 0.941. The lowest BCUT2D eigenvalue weighted by Gasteiger charge is -2.04. The van der Waals surface area contributed by atoms with Gasteiger partial charge in [0.15, 0.2) is 0 Å². The monoisotopic (exact) mass is 267 g/mol. The van der Waals surface area contributed by atoms with Crippen LogP contribution in [0.25, 0.3) is 22.2 Å². The third-order valence-electron chi connectivity index (χ3n) is 4.00. The summed E-state index contributed by atoms with van der Waals surface area (Å²) in [5.41, 5.74) is 12.7.